The maximum Gasteiger partial charge on any atom is 0.306 e. The van der Waals surface area contributed by atoms with Gasteiger partial charge in [-0.15, -0.1) is 0 Å². The Hall–Kier alpha value is -1.92. The predicted octanol–water partition coefficient (Wildman–Crippen LogP) is 12.5. The minimum absolute atomic E-state index is 0.0554. The van der Waals surface area contributed by atoms with Crippen LogP contribution in [0.4, 0.5) is 0 Å². The van der Waals surface area contributed by atoms with Crippen LogP contribution in [0.3, 0.4) is 0 Å². The third kappa shape index (κ3) is 37.3. The fourth-order valence-corrected chi connectivity index (χ4v) is 6.34. The van der Waals surface area contributed by atoms with Crippen molar-refractivity contribution >= 4 is 24.2 Å². The van der Waals surface area contributed by atoms with Gasteiger partial charge in [0.1, 0.15) is 19.5 Å². The van der Waals surface area contributed by atoms with Gasteiger partial charge in [0.25, 0.3) is 0 Å². The molecule has 0 amide bonds. The van der Waals surface area contributed by atoms with Crippen molar-refractivity contribution in [1.82, 2.24) is 0 Å². The molecule has 0 radical (unpaired) electrons. The van der Waals surface area contributed by atoms with E-state index in [0.717, 1.165) is 38.5 Å². The number of aldehydes is 1. The van der Waals surface area contributed by atoms with E-state index in [4.69, 9.17) is 14.2 Å². The maximum atomic E-state index is 12.3. The fourth-order valence-electron chi connectivity index (χ4n) is 6.34. The number of carbonyl (C=O) groups excluding carboxylic acids is 4. The highest BCUT2D eigenvalue weighted by Gasteiger charge is 2.19. The quantitative estimate of drug-likeness (QED) is 0.0270. The summed E-state index contributed by atoms with van der Waals surface area (Å²) in [7, 11) is 0. The molecule has 0 aliphatic carbocycles. The summed E-state index contributed by atoms with van der Waals surface area (Å²) in [6.45, 7) is 4.21. The molecule has 7 nitrogen and oxygen atoms in total. The molecule has 0 heterocycles. The Morgan fingerprint density at radius 1 is 0.400 bits per heavy atom. The highest BCUT2D eigenvalue weighted by atomic mass is 16.6. The SMILES string of the molecule is CCCCCCCCCCCCCCCCCC(=O)OCC(COC(=O)CCCCCCCCCCCCCCCCC)OC(=O)CCC=O. The van der Waals surface area contributed by atoms with Gasteiger partial charge in [-0.05, 0) is 12.8 Å². The molecule has 0 saturated heterocycles. The van der Waals surface area contributed by atoms with Crippen LogP contribution >= 0.6 is 0 Å². The molecule has 0 aliphatic heterocycles. The zero-order valence-electron chi connectivity index (χ0n) is 33.0. The van der Waals surface area contributed by atoms with Crippen molar-refractivity contribution < 1.29 is 33.4 Å². The van der Waals surface area contributed by atoms with Crippen molar-refractivity contribution in [3.05, 3.63) is 0 Å². The van der Waals surface area contributed by atoms with Crippen LogP contribution in [0.25, 0.3) is 0 Å². The molecule has 0 atom stereocenters. The Morgan fingerprint density at radius 3 is 0.960 bits per heavy atom. The van der Waals surface area contributed by atoms with Gasteiger partial charge in [0.05, 0.1) is 6.42 Å². The average molecular weight is 709 g/mol. The molecule has 0 fully saturated rings. The first-order valence-electron chi connectivity index (χ1n) is 21.5. The summed E-state index contributed by atoms with van der Waals surface area (Å²) in [4.78, 5) is 47.4. The molecule has 0 N–H and O–H groups in total. The first-order chi connectivity index (χ1) is 24.5. The Kier molecular flexibility index (Phi) is 38.3. The minimum Gasteiger partial charge on any atom is -0.462 e. The van der Waals surface area contributed by atoms with Crippen LogP contribution in [0.2, 0.25) is 0 Å². The Labute approximate surface area is 308 Å². The van der Waals surface area contributed by atoms with Gasteiger partial charge < -0.3 is 19.0 Å². The molecule has 0 aliphatic rings. The molecular formula is C43H80O7. The summed E-state index contributed by atoms with van der Waals surface area (Å²) in [5.74, 6) is -1.24. The molecule has 50 heavy (non-hydrogen) atoms. The molecule has 0 aromatic carbocycles. The summed E-state index contributed by atoms with van der Waals surface area (Å²) >= 11 is 0. The first kappa shape index (κ1) is 48.1. The second-order valence-electron chi connectivity index (χ2n) is 14.6. The molecule has 0 aromatic heterocycles. The van der Waals surface area contributed by atoms with Gasteiger partial charge in [-0.25, -0.2) is 0 Å². The van der Waals surface area contributed by atoms with Gasteiger partial charge in [-0.3, -0.25) is 14.4 Å². The van der Waals surface area contributed by atoms with E-state index in [9.17, 15) is 19.2 Å². The molecular weight excluding hydrogens is 628 g/mol. The molecule has 0 saturated carbocycles. The molecule has 7 heteroatoms. The van der Waals surface area contributed by atoms with Gasteiger partial charge >= 0.3 is 17.9 Å². The number of ether oxygens (including phenoxy) is 3. The van der Waals surface area contributed by atoms with E-state index in [-0.39, 0.29) is 38.0 Å². The summed E-state index contributed by atoms with van der Waals surface area (Å²) in [6, 6.07) is 0. The van der Waals surface area contributed by atoms with E-state index in [1.54, 1.807) is 0 Å². The molecule has 294 valence electrons. The van der Waals surface area contributed by atoms with Crippen LogP contribution in [0.1, 0.15) is 232 Å². The third-order valence-corrected chi connectivity index (χ3v) is 9.59. The van der Waals surface area contributed by atoms with Crippen molar-refractivity contribution in [2.24, 2.45) is 0 Å². The number of unbranched alkanes of at least 4 members (excludes halogenated alkanes) is 28. The molecule has 0 aromatic rings. The summed E-state index contributed by atoms with van der Waals surface area (Å²) < 4.78 is 16.1. The van der Waals surface area contributed by atoms with Gasteiger partial charge in [-0.2, -0.15) is 0 Å². The Balaban J connectivity index is 3.94. The number of hydrogen-bond donors (Lipinski definition) is 0. The fraction of sp³-hybridized carbons (Fsp3) is 0.907. The van der Waals surface area contributed by atoms with Crippen LogP contribution in [-0.4, -0.2) is 43.5 Å². The van der Waals surface area contributed by atoms with E-state index in [1.165, 1.54) is 154 Å². The normalized spacial score (nSPS) is 11.2. The van der Waals surface area contributed by atoms with Crippen molar-refractivity contribution in [2.45, 2.75) is 238 Å². The van der Waals surface area contributed by atoms with Gasteiger partial charge in [-0.1, -0.05) is 194 Å². The average Bonchev–Trinajstić information content (AvgIpc) is 3.11. The third-order valence-electron chi connectivity index (χ3n) is 9.59. The van der Waals surface area contributed by atoms with Gasteiger partial charge in [0.2, 0.25) is 0 Å². The second-order valence-corrected chi connectivity index (χ2v) is 14.6. The van der Waals surface area contributed by atoms with Crippen LogP contribution in [0.15, 0.2) is 0 Å². The van der Waals surface area contributed by atoms with Crippen molar-refractivity contribution in [3.63, 3.8) is 0 Å². The number of rotatable bonds is 40. The largest absolute Gasteiger partial charge is 0.462 e. The summed E-state index contributed by atoms with van der Waals surface area (Å²) in [5, 5.41) is 0. The number of esters is 3. The maximum absolute atomic E-state index is 12.3. The highest BCUT2D eigenvalue weighted by Crippen LogP contribution is 2.16. The van der Waals surface area contributed by atoms with E-state index < -0.39 is 12.1 Å². The lowest BCUT2D eigenvalue weighted by atomic mass is 10.0. The summed E-state index contributed by atoms with van der Waals surface area (Å²) in [6.07, 6.45) is 38.4. The van der Waals surface area contributed by atoms with E-state index in [1.807, 2.05) is 0 Å². The lowest BCUT2D eigenvalue weighted by Gasteiger charge is -2.18. The molecule has 0 unspecified atom stereocenters. The minimum atomic E-state index is -0.871. The molecule has 0 rings (SSSR count). The number of carbonyl (C=O) groups is 4. The second kappa shape index (κ2) is 39.9. The van der Waals surface area contributed by atoms with Crippen LogP contribution < -0.4 is 0 Å². The van der Waals surface area contributed by atoms with Crippen LogP contribution in [0, 0.1) is 0 Å². The predicted molar refractivity (Wildman–Crippen MR) is 206 cm³/mol. The monoisotopic (exact) mass is 709 g/mol. The first-order valence-corrected chi connectivity index (χ1v) is 21.5. The highest BCUT2D eigenvalue weighted by molar-refractivity contribution is 5.73. The van der Waals surface area contributed by atoms with E-state index >= 15 is 0 Å². The zero-order valence-corrected chi connectivity index (χ0v) is 33.0. The smallest absolute Gasteiger partial charge is 0.306 e. The Morgan fingerprint density at radius 2 is 0.680 bits per heavy atom. The topological polar surface area (TPSA) is 96.0 Å². The summed E-state index contributed by atoms with van der Waals surface area (Å²) in [5.41, 5.74) is 0. The van der Waals surface area contributed by atoms with Crippen molar-refractivity contribution in [1.29, 1.82) is 0 Å². The lowest BCUT2D eigenvalue weighted by molar-refractivity contribution is -0.167. The van der Waals surface area contributed by atoms with E-state index in [2.05, 4.69) is 13.8 Å². The van der Waals surface area contributed by atoms with Crippen molar-refractivity contribution in [3.8, 4) is 0 Å². The van der Waals surface area contributed by atoms with Gasteiger partial charge in [0, 0.05) is 19.3 Å². The van der Waals surface area contributed by atoms with Crippen molar-refractivity contribution in [2.75, 3.05) is 13.2 Å². The molecule has 0 bridgehead atoms. The lowest BCUT2D eigenvalue weighted by Crippen LogP contribution is -2.30. The standard InChI is InChI=1S/C43H80O7/c1-3-5-7-9-11-13-15-17-19-21-23-25-27-29-31-34-41(45)48-38-40(50-43(47)36-33-37-44)39-49-42(46)35-32-30-28-26-24-22-20-18-16-14-12-10-8-6-4-2/h37,40H,3-36,38-39H2,1-2H3. The zero-order chi connectivity index (χ0) is 36.6. The van der Waals surface area contributed by atoms with Gasteiger partial charge in [0.15, 0.2) is 6.10 Å². The number of hydrogen-bond acceptors (Lipinski definition) is 7. The Bertz CT molecular complexity index is 718. The van der Waals surface area contributed by atoms with Crippen LogP contribution in [-0.2, 0) is 33.4 Å². The van der Waals surface area contributed by atoms with Crippen LogP contribution in [0.5, 0.6) is 0 Å². The molecule has 0 spiro atoms. The van der Waals surface area contributed by atoms with E-state index in [0.29, 0.717) is 19.1 Å².